The molecule has 0 unspecified atom stereocenters. The molecule has 4 rings (SSSR count). The quantitative estimate of drug-likeness (QED) is 0.848. The number of rotatable bonds is 5. The number of methoxy groups -OCH3 is 1. The second-order valence-corrected chi connectivity index (χ2v) is 7.62. The highest BCUT2D eigenvalue weighted by Gasteiger charge is 2.29. The summed E-state index contributed by atoms with van der Waals surface area (Å²) in [6.45, 7) is 4.34. The number of aromatic nitrogens is 1. The Labute approximate surface area is 160 Å². The van der Waals surface area contributed by atoms with Crippen molar-refractivity contribution in [2.45, 2.75) is 38.3 Å². The van der Waals surface area contributed by atoms with Crippen molar-refractivity contribution >= 4 is 16.8 Å². The summed E-state index contributed by atoms with van der Waals surface area (Å²) in [5.74, 6) is 1.15. The van der Waals surface area contributed by atoms with Crippen LogP contribution >= 0.6 is 0 Å². The van der Waals surface area contributed by atoms with Gasteiger partial charge < -0.3 is 24.7 Å². The molecule has 0 aliphatic carbocycles. The minimum Gasteiger partial charge on any atom is -0.497 e. The Morgan fingerprint density at radius 1 is 1.22 bits per heavy atom. The zero-order valence-corrected chi connectivity index (χ0v) is 16.0. The van der Waals surface area contributed by atoms with Crippen LogP contribution in [0.4, 0.5) is 0 Å². The number of ether oxygens (including phenoxy) is 2. The number of benzene rings is 1. The van der Waals surface area contributed by atoms with Crippen LogP contribution in [0.2, 0.25) is 0 Å². The van der Waals surface area contributed by atoms with Crippen LogP contribution in [0.5, 0.6) is 5.75 Å². The van der Waals surface area contributed by atoms with Crippen molar-refractivity contribution < 1.29 is 14.3 Å². The van der Waals surface area contributed by atoms with E-state index in [0.717, 1.165) is 74.3 Å². The molecule has 2 aromatic rings. The molecule has 1 aromatic heterocycles. The number of hydrogen-bond donors (Lipinski definition) is 2. The lowest BCUT2D eigenvalue weighted by atomic mass is 9.93. The van der Waals surface area contributed by atoms with Gasteiger partial charge in [-0.3, -0.25) is 4.79 Å². The van der Waals surface area contributed by atoms with E-state index in [9.17, 15) is 4.79 Å². The lowest BCUT2D eigenvalue weighted by Gasteiger charge is -2.38. The maximum atomic E-state index is 12.6. The van der Waals surface area contributed by atoms with Gasteiger partial charge in [0.25, 0.3) is 0 Å². The summed E-state index contributed by atoms with van der Waals surface area (Å²) >= 11 is 0. The van der Waals surface area contributed by atoms with Gasteiger partial charge in [0, 0.05) is 41.8 Å². The molecule has 0 radical (unpaired) electrons. The minimum atomic E-state index is 0.130. The molecule has 2 aliphatic heterocycles. The van der Waals surface area contributed by atoms with E-state index < -0.39 is 0 Å². The first-order valence-corrected chi connectivity index (χ1v) is 9.98. The van der Waals surface area contributed by atoms with Crippen molar-refractivity contribution in [3.63, 3.8) is 0 Å². The number of amides is 1. The molecule has 1 amide bonds. The van der Waals surface area contributed by atoms with E-state index in [-0.39, 0.29) is 11.8 Å². The fraction of sp³-hybridized carbons (Fsp3) is 0.571. The summed E-state index contributed by atoms with van der Waals surface area (Å²) in [7, 11) is 1.67. The minimum absolute atomic E-state index is 0.130. The Balaban J connectivity index is 1.27. The topological polar surface area (TPSA) is 66.6 Å². The van der Waals surface area contributed by atoms with Crippen LogP contribution < -0.4 is 10.1 Å². The molecule has 6 heteroatoms. The average Bonchev–Trinajstić information content (AvgIpc) is 3.14. The first kappa shape index (κ1) is 18.3. The van der Waals surface area contributed by atoms with Crippen molar-refractivity contribution in [1.29, 1.82) is 0 Å². The number of likely N-dealkylation sites (tertiary alicyclic amines) is 1. The van der Waals surface area contributed by atoms with Crippen LogP contribution in [-0.2, 0) is 16.1 Å². The summed E-state index contributed by atoms with van der Waals surface area (Å²) in [5, 5.41) is 4.21. The van der Waals surface area contributed by atoms with Gasteiger partial charge in [0.1, 0.15) is 5.75 Å². The van der Waals surface area contributed by atoms with Crippen molar-refractivity contribution in [2.75, 3.05) is 33.4 Å². The Morgan fingerprint density at radius 2 is 2.00 bits per heavy atom. The molecule has 6 nitrogen and oxygen atoms in total. The maximum Gasteiger partial charge on any atom is 0.223 e. The van der Waals surface area contributed by atoms with Gasteiger partial charge in [0.05, 0.1) is 13.7 Å². The number of nitrogens with one attached hydrogen (secondary N) is 2. The lowest BCUT2D eigenvalue weighted by Crippen LogP contribution is -2.46. The summed E-state index contributed by atoms with van der Waals surface area (Å²) in [6, 6.07) is 8.67. The molecule has 0 bridgehead atoms. The van der Waals surface area contributed by atoms with E-state index >= 15 is 0 Å². The number of nitrogens with zero attached hydrogens (tertiary/aromatic N) is 1. The van der Waals surface area contributed by atoms with Crippen LogP contribution in [-0.4, -0.2) is 55.2 Å². The predicted octanol–water partition coefficient (Wildman–Crippen LogP) is 2.68. The summed E-state index contributed by atoms with van der Waals surface area (Å²) in [5.41, 5.74) is 2.08. The van der Waals surface area contributed by atoms with E-state index in [4.69, 9.17) is 9.47 Å². The number of fused-ring (bicyclic) bond motifs is 1. The fourth-order valence-corrected chi connectivity index (χ4v) is 4.30. The highest BCUT2D eigenvalue weighted by Crippen LogP contribution is 2.24. The van der Waals surface area contributed by atoms with Gasteiger partial charge in [-0.15, -0.1) is 0 Å². The standard InChI is InChI=1S/C21H29N3O3/c1-26-19-2-3-20-16(13-19)12-17(23-20)14-22-21(25)15-4-8-24(9-5-15)18-6-10-27-11-7-18/h2-3,12-13,15,18,23H,4-11,14H2,1H3,(H,22,25). The number of hydrogen-bond acceptors (Lipinski definition) is 4. The molecule has 0 spiro atoms. The SMILES string of the molecule is COc1ccc2[nH]c(CNC(=O)C3CCN(C4CCOCC4)CC3)cc2c1. The molecule has 2 N–H and O–H groups in total. The van der Waals surface area contributed by atoms with E-state index in [1.54, 1.807) is 7.11 Å². The molecular formula is C21H29N3O3. The van der Waals surface area contributed by atoms with Crippen LogP contribution in [0.25, 0.3) is 10.9 Å². The summed E-state index contributed by atoms with van der Waals surface area (Å²) in [6.07, 6.45) is 4.16. The van der Waals surface area contributed by atoms with Crippen LogP contribution in [0.1, 0.15) is 31.4 Å². The van der Waals surface area contributed by atoms with Gasteiger partial charge in [0.15, 0.2) is 0 Å². The highest BCUT2D eigenvalue weighted by atomic mass is 16.5. The summed E-state index contributed by atoms with van der Waals surface area (Å²) in [4.78, 5) is 18.5. The Morgan fingerprint density at radius 3 is 2.74 bits per heavy atom. The number of aromatic amines is 1. The smallest absolute Gasteiger partial charge is 0.223 e. The number of carbonyl (C=O) groups is 1. The molecule has 0 saturated carbocycles. The molecule has 2 fully saturated rings. The zero-order chi connectivity index (χ0) is 18.6. The van der Waals surface area contributed by atoms with Gasteiger partial charge in [-0.2, -0.15) is 0 Å². The average molecular weight is 371 g/mol. The van der Waals surface area contributed by atoms with Crippen molar-refractivity contribution in [3.05, 3.63) is 30.0 Å². The van der Waals surface area contributed by atoms with E-state index in [0.29, 0.717) is 12.6 Å². The second-order valence-electron chi connectivity index (χ2n) is 7.62. The first-order valence-electron chi connectivity index (χ1n) is 9.98. The fourth-order valence-electron chi connectivity index (χ4n) is 4.30. The Bertz CT molecular complexity index is 774. The van der Waals surface area contributed by atoms with E-state index in [2.05, 4.69) is 21.3 Å². The molecule has 2 aliphatic rings. The van der Waals surface area contributed by atoms with Gasteiger partial charge in [-0.1, -0.05) is 0 Å². The second kappa shape index (κ2) is 8.31. The third kappa shape index (κ3) is 4.28. The van der Waals surface area contributed by atoms with Gasteiger partial charge in [0.2, 0.25) is 5.91 Å². The first-order chi connectivity index (χ1) is 13.2. The largest absolute Gasteiger partial charge is 0.497 e. The molecule has 146 valence electrons. The monoisotopic (exact) mass is 371 g/mol. The maximum absolute atomic E-state index is 12.6. The highest BCUT2D eigenvalue weighted by molar-refractivity contribution is 5.82. The number of H-pyrrole nitrogens is 1. The zero-order valence-electron chi connectivity index (χ0n) is 16.0. The molecule has 1 aromatic carbocycles. The van der Waals surface area contributed by atoms with E-state index in [1.165, 1.54) is 0 Å². The molecule has 3 heterocycles. The Kier molecular flexibility index (Phi) is 5.64. The van der Waals surface area contributed by atoms with Crippen LogP contribution in [0.3, 0.4) is 0 Å². The van der Waals surface area contributed by atoms with Crippen LogP contribution in [0.15, 0.2) is 24.3 Å². The number of piperidine rings is 1. The molecule has 2 saturated heterocycles. The third-order valence-electron chi connectivity index (χ3n) is 5.94. The number of carbonyl (C=O) groups excluding carboxylic acids is 1. The van der Waals surface area contributed by atoms with Crippen molar-refractivity contribution in [2.24, 2.45) is 5.92 Å². The van der Waals surface area contributed by atoms with Gasteiger partial charge in [-0.05, 0) is 63.0 Å². The van der Waals surface area contributed by atoms with E-state index in [1.807, 2.05) is 18.2 Å². The lowest BCUT2D eigenvalue weighted by molar-refractivity contribution is -0.127. The Hall–Kier alpha value is -2.05. The third-order valence-corrected chi connectivity index (χ3v) is 5.94. The predicted molar refractivity (Wildman–Crippen MR) is 105 cm³/mol. The molecule has 0 atom stereocenters. The van der Waals surface area contributed by atoms with Crippen molar-refractivity contribution in [3.8, 4) is 5.75 Å². The van der Waals surface area contributed by atoms with Crippen LogP contribution in [0, 0.1) is 5.92 Å². The summed E-state index contributed by atoms with van der Waals surface area (Å²) < 4.78 is 10.7. The molecule has 27 heavy (non-hydrogen) atoms. The molecular weight excluding hydrogens is 342 g/mol. The van der Waals surface area contributed by atoms with Gasteiger partial charge >= 0.3 is 0 Å². The normalized spacial score (nSPS) is 20.0. The van der Waals surface area contributed by atoms with Gasteiger partial charge in [-0.25, -0.2) is 0 Å². The van der Waals surface area contributed by atoms with Crippen molar-refractivity contribution in [1.82, 2.24) is 15.2 Å².